The number of hydrogen-bond donors (Lipinski definition) is 0. The first-order valence-corrected chi connectivity index (χ1v) is 7.77. The molecule has 0 saturated carbocycles. The fourth-order valence-electron chi connectivity index (χ4n) is 2.61. The lowest BCUT2D eigenvalue weighted by Gasteiger charge is -2.23. The Bertz CT molecular complexity index is 650. The summed E-state index contributed by atoms with van der Waals surface area (Å²) in [5.74, 6) is -0.128. The van der Waals surface area contributed by atoms with E-state index in [4.69, 9.17) is 0 Å². The van der Waals surface area contributed by atoms with Gasteiger partial charge in [0.2, 0.25) is 5.91 Å². The van der Waals surface area contributed by atoms with Gasteiger partial charge in [-0.1, -0.05) is 11.3 Å². The van der Waals surface area contributed by atoms with Crippen molar-refractivity contribution in [3.05, 3.63) is 34.3 Å². The number of Topliss-reactive ketones (excluding diaryl/α,β-unsaturated/α-hetero) is 1. The lowest BCUT2D eigenvalue weighted by molar-refractivity contribution is -0.132. The number of carbonyl (C=O) groups excluding carboxylic acids is 2. The summed E-state index contributed by atoms with van der Waals surface area (Å²) in [6.45, 7) is 2.33. The molecule has 3 heterocycles. The summed E-state index contributed by atoms with van der Waals surface area (Å²) < 4.78 is 1.43. The van der Waals surface area contributed by atoms with Crippen LogP contribution in [0, 0.1) is 0 Å². The first kappa shape index (κ1) is 13.9. The van der Waals surface area contributed by atoms with Crippen LogP contribution in [-0.4, -0.2) is 38.1 Å². The average Bonchev–Trinajstić information content (AvgIpc) is 3.19. The van der Waals surface area contributed by atoms with Crippen LogP contribution in [0.5, 0.6) is 0 Å². The van der Waals surface area contributed by atoms with Gasteiger partial charge in [0, 0.05) is 18.3 Å². The van der Waals surface area contributed by atoms with Crippen molar-refractivity contribution < 1.29 is 9.59 Å². The van der Waals surface area contributed by atoms with Gasteiger partial charge >= 0.3 is 0 Å². The normalized spacial score (nSPS) is 18.1. The summed E-state index contributed by atoms with van der Waals surface area (Å²) in [6, 6.07) is 4.26. The van der Waals surface area contributed by atoms with E-state index in [1.54, 1.807) is 11.3 Å². The molecule has 2 aromatic heterocycles. The summed E-state index contributed by atoms with van der Waals surface area (Å²) in [6.07, 6.45) is 3.54. The van der Waals surface area contributed by atoms with Gasteiger partial charge in [0.25, 0.3) is 0 Å². The molecule has 1 saturated heterocycles. The van der Waals surface area contributed by atoms with E-state index in [0.717, 1.165) is 19.4 Å². The standard InChI is InChI=1S/C14H16N4O2S/c1-10(19)11-8-17(16-15-11)9-14(20)18-6-2-4-12(18)13-5-3-7-21-13/h3,5,7-8,12H,2,4,6,9H2,1H3. The third-order valence-electron chi connectivity index (χ3n) is 3.64. The molecular weight excluding hydrogens is 288 g/mol. The molecule has 1 atom stereocenters. The molecule has 0 aromatic carbocycles. The van der Waals surface area contributed by atoms with Crippen LogP contribution < -0.4 is 0 Å². The zero-order chi connectivity index (χ0) is 14.8. The summed E-state index contributed by atoms with van der Waals surface area (Å²) in [7, 11) is 0. The van der Waals surface area contributed by atoms with Gasteiger partial charge in [0.15, 0.2) is 5.78 Å². The highest BCUT2D eigenvalue weighted by atomic mass is 32.1. The van der Waals surface area contributed by atoms with E-state index in [1.807, 2.05) is 16.3 Å². The molecule has 0 N–H and O–H groups in total. The smallest absolute Gasteiger partial charge is 0.244 e. The zero-order valence-electron chi connectivity index (χ0n) is 11.7. The van der Waals surface area contributed by atoms with E-state index in [9.17, 15) is 9.59 Å². The minimum absolute atomic E-state index is 0.0194. The molecule has 0 bridgehead atoms. The number of thiophene rings is 1. The SMILES string of the molecule is CC(=O)c1cn(CC(=O)N2CCCC2c2cccs2)nn1. The Balaban J connectivity index is 1.70. The second-order valence-electron chi connectivity index (χ2n) is 5.12. The largest absolute Gasteiger partial charge is 0.333 e. The van der Waals surface area contributed by atoms with Gasteiger partial charge in [-0.15, -0.1) is 16.4 Å². The molecule has 110 valence electrons. The molecular formula is C14H16N4O2S. The lowest BCUT2D eigenvalue weighted by atomic mass is 10.2. The fraction of sp³-hybridized carbons (Fsp3) is 0.429. The van der Waals surface area contributed by atoms with Crippen LogP contribution >= 0.6 is 11.3 Å². The molecule has 2 aromatic rings. The number of carbonyl (C=O) groups is 2. The van der Waals surface area contributed by atoms with Crippen LogP contribution in [-0.2, 0) is 11.3 Å². The molecule has 0 radical (unpaired) electrons. The molecule has 0 spiro atoms. The van der Waals surface area contributed by atoms with E-state index in [-0.39, 0.29) is 24.3 Å². The van der Waals surface area contributed by atoms with Crippen LogP contribution in [0.2, 0.25) is 0 Å². The Morgan fingerprint density at radius 3 is 3.00 bits per heavy atom. The first-order chi connectivity index (χ1) is 10.1. The molecule has 6 nitrogen and oxygen atoms in total. The second-order valence-corrected chi connectivity index (χ2v) is 6.10. The summed E-state index contributed by atoms with van der Waals surface area (Å²) >= 11 is 1.68. The van der Waals surface area contributed by atoms with Gasteiger partial charge in [-0.2, -0.15) is 0 Å². The Morgan fingerprint density at radius 1 is 1.48 bits per heavy atom. The monoisotopic (exact) mass is 304 g/mol. The average molecular weight is 304 g/mol. The van der Waals surface area contributed by atoms with Crippen molar-refractivity contribution in [1.82, 2.24) is 19.9 Å². The number of likely N-dealkylation sites (tertiary alicyclic amines) is 1. The van der Waals surface area contributed by atoms with E-state index < -0.39 is 0 Å². The number of aromatic nitrogens is 3. The minimum atomic E-state index is -0.147. The van der Waals surface area contributed by atoms with Gasteiger partial charge in [-0.25, -0.2) is 4.68 Å². The predicted octanol–water partition coefficient (Wildman–Crippen LogP) is 1.91. The number of rotatable bonds is 4. The highest BCUT2D eigenvalue weighted by Crippen LogP contribution is 2.34. The zero-order valence-corrected chi connectivity index (χ0v) is 12.5. The maximum atomic E-state index is 12.5. The maximum absolute atomic E-state index is 12.5. The number of nitrogens with zero attached hydrogens (tertiary/aromatic N) is 4. The molecule has 1 unspecified atom stereocenters. The van der Waals surface area contributed by atoms with Gasteiger partial charge in [-0.3, -0.25) is 9.59 Å². The quantitative estimate of drug-likeness (QED) is 0.809. The molecule has 7 heteroatoms. The molecule has 1 amide bonds. The van der Waals surface area contributed by atoms with Crippen molar-refractivity contribution in [3.63, 3.8) is 0 Å². The third-order valence-corrected chi connectivity index (χ3v) is 4.61. The summed E-state index contributed by atoms with van der Waals surface area (Å²) in [5.41, 5.74) is 0.291. The second kappa shape index (κ2) is 5.77. The van der Waals surface area contributed by atoms with Gasteiger partial charge < -0.3 is 4.90 Å². The third kappa shape index (κ3) is 2.87. The number of hydrogen-bond acceptors (Lipinski definition) is 5. The highest BCUT2D eigenvalue weighted by molar-refractivity contribution is 7.10. The van der Waals surface area contributed by atoms with Crippen LogP contribution in [0.15, 0.2) is 23.7 Å². The highest BCUT2D eigenvalue weighted by Gasteiger charge is 2.30. The van der Waals surface area contributed by atoms with Crippen molar-refractivity contribution in [2.75, 3.05) is 6.54 Å². The first-order valence-electron chi connectivity index (χ1n) is 6.89. The maximum Gasteiger partial charge on any atom is 0.244 e. The molecule has 21 heavy (non-hydrogen) atoms. The Morgan fingerprint density at radius 2 is 2.33 bits per heavy atom. The van der Waals surface area contributed by atoms with Crippen molar-refractivity contribution in [1.29, 1.82) is 0 Å². The van der Waals surface area contributed by atoms with E-state index in [1.165, 1.54) is 22.7 Å². The summed E-state index contributed by atoms with van der Waals surface area (Å²) in [4.78, 5) is 26.8. The number of ketones is 1. The Hall–Kier alpha value is -2.02. The van der Waals surface area contributed by atoms with Crippen molar-refractivity contribution in [2.24, 2.45) is 0 Å². The van der Waals surface area contributed by atoms with Gasteiger partial charge in [0.05, 0.1) is 12.2 Å². The van der Waals surface area contributed by atoms with Crippen LogP contribution in [0.25, 0.3) is 0 Å². The van der Waals surface area contributed by atoms with Crippen LogP contribution in [0.1, 0.15) is 41.2 Å². The van der Waals surface area contributed by atoms with E-state index in [2.05, 4.69) is 16.4 Å². The van der Waals surface area contributed by atoms with Gasteiger partial charge in [0.1, 0.15) is 12.2 Å². The van der Waals surface area contributed by atoms with Crippen molar-refractivity contribution in [2.45, 2.75) is 32.4 Å². The lowest BCUT2D eigenvalue weighted by Crippen LogP contribution is -2.33. The Kier molecular flexibility index (Phi) is 3.83. The molecule has 1 fully saturated rings. The number of amides is 1. The van der Waals surface area contributed by atoms with Crippen LogP contribution in [0.4, 0.5) is 0 Å². The Labute approximate surface area is 126 Å². The van der Waals surface area contributed by atoms with Gasteiger partial charge in [-0.05, 0) is 24.3 Å². The van der Waals surface area contributed by atoms with Crippen molar-refractivity contribution in [3.8, 4) is 0 Å². The fourth-order valence-corrected chi connectivity index (χ4v) is 3.48. The molecule has 3 rings (SSSR count). The summed E-state index contributed by atoms with van der Waals surface area (Å²) in [5, 5.41) is 9.63. The predicted molar refractivity (Wildman–Crippen MR) is 78.0 cm³/mol. The van der Waals surface area contributed by atoms with E-state index in [0.29, 0.717) is 5.69 Å². The topological polar surface area (TPSA) is 68.1 Å². The minimum Gasteiger partial charge on any atom is -0.333 e. The molecule has 0 aliphatic carbocycles. The van der Waals surface area contributed by atoms with Crippen molar-refractivity contribution >= 4 is 23.0 Å². The van der Waals surface area contributed by atoms with Crippen LogP contribution in [0.3, 0.4) is 0 Å². The molecule has 1 aliphatic heterocycles. The molecule has 1 aliphatic rings. The van der Waals surface area contributed by atoms with E-state index >= 15 is 0 Å².